The van der Waals surface area contributed by atoms with Gasteiger partial charge >= 0.3 is 5.97 Å². The number of carbonyl (C=O) groups excluding carboxylic acids is 3. The van der Waals surface area contributed by atoms with Crippen molar-refractivity contribution >= 4 is 23.5 Å². The summed E-state index contributed by atoms with van der Waals surface area (Å²) in [6.07, 6.45) is 3.78. The lowest BCUT2D eigenvalue weighted by Crippen LogP contribution is -2.57. The van der Waals surface area contributed by atoms with Gasteiger partial charge in [0.1, 0.15) is 0 Å². The molecule has 0 aromatic heterocycles. The summed E-state index contributed by atoms with van der Waals surface area (Å²) in [6, 6.07) is 18.6. The minimum atomic E-state index is -1.29. The lowest BCUT2D eigenvalue weighted by atomic mass is 9.70. The van der Waals surface area contributed by atoms with Gasteiger partial charge in [-0.15, -0.1) is 0 Å². The minimum Gasteiger partial charge on any atom is -0.449 e. The number of nitrogens with zero attached hydrogens (tertiary/aromatic N) is 3. The van der Waals surface area contributed by atoms with Crippen LogP contribution in [-0.2, 0) is 25.5 Å². The fourth-order valence-corrected chi connectivity index (χ4v) is 6.20. The zero-order valence-corrected chi connectivity index (χ0v) is 24.2. The van der Waals surface area contributed by atoms with E-state index < -0.39 is 17.5 Å². The first-order valence-corrected chi connectivity index (χ1v) is 14.5. The molecule has 1 heterocycles. The number of ether oxygens (including phenoxy) is 1. The predicted molar refractivity (Wildman–Crippen MR) is 157 cm³/mol. The number of hydrogen-bond donors (Lipinski definition) is 1. The molecule has 40 heavy (non-hydrogen) atoms. The number of anilines is 1. The molecular weight excluding hydrogens is 504 g/mol. The number of aryl methyl sites for hydroxylation is 1. The second kappa shape index (κ2) is 12.9. The number of benzene rings is 2. The molecule has 0 bridgehead atoms. The van der Waals surface area contributed by atoms with Crippen molar-refractivity contribution in [2.24, 2.45) is 5.73 Å². The molecule has 2 N–H and O–H groups in total. The standard InChI is InChI=1S/C32H44N4O4/c1-25-10-7-8-13-27(25)35-20-22-36(23-21-35)28(37)14-9-15-29(38)40-32(30(33)39)18-16-31(17-19-32,34(2)3)24-26-11-5-4-6-12-26/h4-8,10-13H,9,14-24H2,1-3H3,(H2,33,39). The van der Waals surface area contributed by atoms with Crippen LogP contribution >= 0.6 is 0 Å². The topological polar surface area (TPSA) is 96.2 Å². The van der Waals surface area contributed by atoms with Crippen molar-refractivity contribution in [3.8, 4) is 0 Å². The number of para-hydroxylation sites is 1. The number of hydrogen-bond acceptors (Lipinski definition) is 6. The average Bonchev–Trinajstić information content (AvgIpc) is 2.95. The van der Waals surface area contributed by atoms with E-state index in [1.54, 1.807) is 0 Å². The van der Waals surface area contributed by atoms with Crippen LogP contribution in [0.3, 0.4) is 0 Å². The first kappa shape index (κ1) is 29.6. The molecule has 1 saturated heterocycles. The SMILES string of the molecule is Cc1ccccc1N1CCN(C(=O)CCCC(=O)OC2(C(N)=O)CCC(Cc3ccccc3)(N(C)C)CC2)CC1. The highest BCUT2D eigenvalue weighted by atomic mass is 16.6. The third-order valence-corrected chi connectivity index (χ3v) is 8.93. The average molecular weight is 549 g/mol. The second-order valence-electron chi connectivity index (χ2n) is 11.6. The van der Waals surface area contributed by atoms with E-state index in [2.05, 4.69) is 55.1 Å². The molecule has 8 nitrogen and oxygen atoms in total. The molecule has 4 rings (SSSR count). The van der Waals surface area contributed by atoms with Gasteiger partial charge in [-0.3, -0.25) is 14.4 Å². The molecular formula is C32H44N4O4. The Hall–Kier alpha value is -3.39. The normalized spacial score (nSPS) is 23.2. The van der Waals surface area contributed by atoms with Crippen LogP contribution in [0.2, 0.25) is 0 Å². The quantitative estimate of drug-likeness (QED) is 0.455. The molecule has 1 aliphatic carbocycles. The summed E-state index contributed by atoms with van der Waals surface area (Å²) in [5, 5.41) is 0. The van der Waals surface area contributed by atoms with Crippen LogP contribution in [0, 0.1) is 6.92 Å². The Labute approximate surface area is 238 Å². The Morgan fingerprint density at radius 1 is 0.875 bits per heavy atom. The number of esters is 1. The Balaban J connectivity index is 1.25. The summed E-state index contributed by atoms with van der Waals surface area (Å²) < 4.78 is 5.80. The van der Waals surface area contributed by atoms with E-state index in [0.717, 1.165) is 19.5 Å². The third kappa shape index (κ3) is 6.84. The number of carbonyl (C=O) groups is 3. The smallest absolute Gasteiger partial charge is 0.306 e. The Morgan fingerprint density at radius 3 is 2.10 bits per heavy atom. The summed E-state index contributed by atoms with van der Waals surface area (Å²) >= 11 is 0. The molecule has 2 aliphatic rings. The van der Waals surface area contributed by atoms with Gasteiger partial charge in [-0.1, -0.05) is 48.5 Å². The molecule has 216 valence electrons. The summed E-state index contributed by atoms with van der Waals surface area (Å²) in [7, 11) is 4.12. The zero-order chi connectivity index (χ0) is 28.8. The van der Waals surface area contributed by atoms with Gasteiger partial charge in [-0.2, -0.15) is 0 Å². The molecule has 2 fully saturated rings. The van der Waals surface area contributed by atoms with Crippen LogP contribution < -0.4 is 10.6 Å². The van der Waals surface area contributed by atoms with E-state index >= 15 is 0 Å². The maximum atomic E-state index is 12.8. The molecule has 1 saturated carbocycles. The second-order valence-corrected chi connectivity index (χ2v) is 11.6. The van der Waals surface area contributed by atoms with E-state index in [1.807, 2.05) is 35.2 Å². The van der Waals surface area contributed by atoms with E-state index in [4.69, 9.17) is 10.5 Å². The van der Waals surface area contributed by atoms with Gasteiger partial charge in [0.15, 0.2) is 5.60 Å². The summed E-state index contributed by atoms with van der Waals surface area (Å²) in [6.45, 7) is 5.01. The highest BCUT2D eigenvalue weighted by Crippen LogP contribution is 2.42. The lowest BCUT2D eigenvalue weighted by Gasteiger charge is -2.48. The Bertz CT molecular complexity index is 1170. The van der Waals surface area contributed by atoms with Gasteiger partial charge < -0.3 is 25.2 Å². The maximum Gasteiger partial charge on any atom is 0.306 e. The van der Waals surface area contributed by atoms with Crippen molar-refractivity contribution in [3.63, 3.8) is 0 Å². The van der Waals surface area contributed by atoms with Gasteiger partial charge in [-0.25, -0.2) is 0 Å². The maximum absolute atomic E-state index is 12.8. The summed E-state index contributed by atoms with van der Waals surface area (Å²) in [5.74, 6) is -0.997. The number of likely N-dealkylation sites (N-methyl/N-ethyl adjacent to an activating group) is 1. The van der Waals surface area contributed by atoms with Crippen molar-refractivity contribution in [1.82, 2.24) is 9.80 Å². The van der Waals surface area contributed by atoms with Gasteiger partial charge in [0.2, 0.25) is 5.91 Å². The molecule has 0 spiro atoms. The van der Waals surface area contributed by atoms with Gasteiger partial charge in [0, 0.05) is 50.2 Å². The van der Waals surface area contributed by atoms with Crippen LogP contribution in [0.1, 0.15) is 56.1 Å². The fraction of sp³-hybridized carbons (Fsp3) is 0.531. The Kier molecular flexibility index (Phi) is 9.51. The van der Waals surface area contributed by atoms with Crippen molar-refractivity contribution in [1.29, 1.82) is 0 Å². The first-order chi connectivity index (χ1) is 19.1. The highest BCUT2D eigenvalue weighted by molar-refractivity contribution is 5.87. The van der Waals surface area contributed by atoms with Crippen molar-refractivity contribution < 1.29 is 19.1 Å². The zero-order valence-electron chi connectivity index (χ0n) is 24.2. The highest BCUT2D eigenvalue weighted by Gasteiger charge is 2.49. The number of rotatable bonds is 10. The molecule has 0 radical (unpaired) electrons. The van der Waals surface area contributed by atoms with Crippen LogP contribution in [0.25, 0.3) is 0 Å². The van der Waals surface area contributed by atoms with E-state index in [-0.39, 0.29) is 24.3 Å². The largest absolute Gasteiger partial charge is 0.449 e. The Morgan fingerprint density at radius 2 is 1.50 bits per heavy atom. The van der Waals surface area contributed by atoms with Crippen molar-refractivity contribution in [2.75, 3.05) is 45.2 Å². The van der Waals surface area contributed by atoms with E-state index in [1.165, 1.54) is 16.8 Å². The van der Waals surface area contributed by atoms with Gasteiger partial charge in [0.25, 0.3) is 5.91 Å². The first-order valence-electron chi connectivity index (χ1n) is 14.5. The predicted octanol–water partition coefficient (Wildman–Crippen LogP) is 3.70. The van der Waals surface area contributed by atoms with Crippen LogP contribution in [0.5, 0.6) is 0 Å². The fourth-order valence-electron chi connectivity index (χ4n) is 6.20. The van der Waals surface area contributed by atoms with Crippen LogP contribution in [0.4, 0.5) is 5.69 Å². The number of nitrogens with two attached hydrogens (primary N) is 1. The lowest BCUT2D eigenvalue weighted by molar-refractivity contribution is -0.174. The number of primary amides is 1. The third-order valence-electron chi connectivity index (χ3n) is 8.93. The van der Waals surface area contributed by atoms with Crippen molar-refractivity contribution in [3.05, 3.63) is 65.7 Å². The van der Waals surface area contributed by atoms with E-state index in [0.29, 0.717) is 45.2 Å². The summed E-state index contributed by atoms with van der Waals surface area (Å²) in [5.41, 5.74) is 8.07. The molecule has 0 atom stereocenters. The van der Waals surface area contributed by atoms with Crippen molar-refractivity contribution in [2.45, 2.75) is 69.4 Å². The molecule has 8 heteroatoms. The molecule has 2 amide bonds. The minimum absolute atomic E-state index is 0.0520. The summed E-state index contributed by atoms with van der Waals surface area (Å²) in [4.78, 5) is 44.6. The number of piperazine rings is 1. The molecule has 2 aromatic carbocycles. The molecule has 1 aliphatic heterocycles. The van der Waals surface area contributed by atoms with Gasteiger partial charge in [0.05, 0.1) is 0 Å². The number of amides is 2. The molecule has 0 unspecified atom stereocenters. The van der Waals surface area contributed by atoms with E-state index in [9.17, 15) is 14.4 Å². The van der Waals surface area contributed by atoms with Crippen LogP contribution in [0.15, 0.2) is 54.6 Å². The van der Waals surface area contributed by atoms with Crippen LogP contribution in [-0.4, -0.2) is 79.0 Å². The monoisotopic (exact) mass is 548 g/mol. The molecule has 2 aromatic rings. The van der Waals surface area contributed by atoms with Gasteiger partial charge in [-0.05, 0) is 76.7 Å².